The maximum absolute atomic E-state index is 13.4. The summed E-state index contributed by atoms with van der Waals surface area (Å²) in [6, 6.07) is 7.42. The van der Waals surface area contributed by atoms with Gasteiger partial charge in [0.15, 0.2) is 0 Å². The van der Waals surface area contributed by atoms with Gasteiger partial charge in [-0.1, -0.05) is 30.3 Å². The van der Waals surface area contributed by atoms with Crippen molar-refractivity contribution in [3.05, 3.63) is 35.9 Å². The molecule has 2 rings (SSSR count). The van der Waals surface area contributed by atoms with Gasteiger partial charge in [-0.2, -0.15) is 0 Å². The highest BCUT2D eigenvalue weighted by Crippen LogP contribution is 2.22. The van der Waals surface area contributed by atoms with Gasteiger partial charge in [0.2, 0.25) is 17.7 Å². The summed E-state index contributed by atoms with van der Waals surface area (Å²) in [6.07, 6.45) is 0.165. The Kier molecular flexibility index (Phi) is 7.23. The number of hydrogen-bond acceptors (Lipinski definition) is 5. The molecular weight excluding hydrogens is 386 g/mol. The number of hydrogen-bond donors (Lipinski definition) is 1. The second kappa shape index (κ2) is 9.28. The summed E-state index contributed by atoms with van der Waals surface area (Å²) in [5.74, 6) is -3.17. The molecule has 164 valence electrons. The Balaban J connectivity index is 2.37. The first-order chi connectivity index (χ1) is 13.9. The van der Waals surface area contributed by atoms with Crippen LogP contribution in [0.5, 0.6) is 0 Å². The van der Waals surface area contributed by atoms with Crippen LogP contribution in [-0.2, 0) is 30.3 Å². The van der Waals surface area contributed by atoms with E-state index in [2.05, 4.69) is 0 Å². The molecule has 8 nitrogen and oxygen atoms in total. The molecular formula is C22H31N3O5. The van der Waals surface area contributed by atoms with Crippen LogP contribution in [-0.4, -0.2) is 64.3 Å². The number of primary amides is 1. The molecule has 0 saturated carbocycles. The Morgan fingerprint density at radius 1 is 1.03 bits per heavy atom. The maximum atomic E-state index is 13.4. The van der Waals surface area contributed by atoms with Gasteiger partial charge < -0.3 is 20.3 Å². The standard InChI is InChI=1S/C22H31N3O5/c1-14(18(23)26)24-11-12-25(15(2)21(29)30-22(3,4)5)20(28)17(19(24)27)13-16-9-7-6-8-10-16/h6-10,14-15,17H,11-13H2,1-5H3,(H2,23,26)/t14-,15?,17?/m1/s1. The minimum atomic E-state index is -1.05. The number of carbonyl (C=O) groups excluding carboxylic acids is 4. The van der Waals surface area contributed by atoms with Crippen molar-refractivity contribution in [2.45, 2.75) is 58.7 Å². The van der Waals surface area contributed by atoms with Gasteiger partial charge in [-0.25, -0.2) is 4.79 Å². The molecule has 0 aromatic heterocycles. The highest BCUT2D eigenvalue weighted by atomic mass is 16.6. The minimum Gasteiger partial charge on any atom is -0.458 e. The summed E-state index contributed by atoms with van der Waals surface area (Å²) in [5.41, 5.74) is 5.52. The predicted octanol–water partition coefficient (Wildman–Crippen LogP) is 1.12. The highest BCUT2D eigenvalue weighted by Gasteiger charge is 2.43. The molecule has 1 saturated heterocycles. The quantitative estimate of drug-likeness (QED) is 0.551. The van der Waals surface area contributed by atoms with Crippen LogP contribution < -0.4 is 5.73 Å². The number of benzene rings is 1. The van der Waals surface area contributed by atoms with Crippen LogP contribution in [0.25, 0.3) is 0 Å². The second-order valence-electron chi connectivity index (χ2n) is 8.59. The number of nitrogens with zero attached hydrogens (tertiary/aromatic N) is 2. The van der Waals surface area contributed by atoms with E-state index in [1.807, 2.05) is 30.3 Å². The van der Waals surface area contributed by atoms with Gasteiger partial charge in [-0.05, 0) is 46.6 Å². The van der Waals surface area contributed by atoms with Gasteiger partial charge in [-0.15, -0.1) is 0 Å². The molecule has 0 aliphatic carbocycles. The van der Waals surface area contributed by atoms with E-state index in [0.29, 0.717) is 0 Å². The van der Waals surface area contributed by atoms with E-state index in [0.717, 1.165) is 5.56 Å². The zero-order chi connectivity index (χ0) is 22.6. The van der Waals surface area contributed by atoms with E-state index < -0.39 is 47.3 Å². The second-order valence-corrected chi connectivity index (χ2v) is 8.59. The lowest BCUT2D eigenvalue weighted by Gasteiger charge is -2.30. The van der Waals surface area contributed by atoms with Crippen molar-refractivity contribution in [1.29, 1.82) is 0 Å². The molecule has 8 heteroatoms. The van der Waals surface area contributed by atoms with E-state index in [4.69, 9.17) is 10.5 Å². The van der Waals surface area contributed by atoms with Crippen LogP contribution in [0.3, 0.4) is 0 Å². The van der Waals surface area contributed by atoms with E-state index in [1.54, 1.807) is 27.7 Å². The summed E-state index contributed by atoms with van der Waals surface area (Å²) < 4.78 is 5.43. The van der Waals surface area contributed by atoms with Gasteiger partial charge in [-0.3, -0.25) is 14.4 Å². The lowest BCUT2D eigenvalue weighted by Crippen LogP contribution is -2.49. The van der Waals surface area contributed by atoms with Gasteiger partial charge in [0.25, 0.3) is 0 Å². The fourth-order valence-electron chi connectivity index (χ4n) is 3.40. The molecule has 1 aromatic rings. The van der Waals surface area contributed by atoms with Crippen LogP contribution in [0.4, 0.5) is 0 Å². The average molecular weight is 418 g/mol. The number of nitrogens with two attached hydrogens (primary N) is 1. The molecule has 3 amide bonds. The van der Waals surface area contributed by atoms with E-state index >= 15 is 0 Å². The number of rotatable bonds is 6. The van der Waals surface area contributed by atoms with Crippen molar-refractivity contribution in [3.8, 4) is 0 Å². The van der Waals surface area contributed by atoms with Crippen LogP contribution in [0.15, 0.2) is 30.3 Å². The fourth-order valence-corrected chi connectivity index (χ4v) is 3.40. The van der Waals surface area contributed by atoms with E-state index in [-0.39, 0.29) is 19.5 Å². The number of esters is 1. The molecule has 0 bridgehead atoms. The van der Waals surface area contributed by atoms with Crippen molar-refractivity contribution in [1.82, 2.24) is 9.80 Å². The van der Waals surface area contributed by atoms with E-state index in [9.17, 15) is 19.2 Å². The SMILES string of the molecule is CC(C(=O)OC(C)(C)C)N1CCN([C@H](C)C(N)=O)C(=O)C(Cc2ccccc2)C1=O. The summed E-state index contributed by atoms with van der Waals surface area (Å²) in [5, 5.41) is 0. The topological polar surface area (TPSA) is 110 Å². The molecule has 1 heterocycles. The Labute approximate surface area is 177 Å². The first-order valence-electron chi connectivity index (χ1n) is 10.1. The first kappa shape index (κ1) is 23.4. The molecule has 1 aromatic carbocycles. The van der Waals surface area contributed by atoms with Crippen molar-refractivity contribution in [2.75, 3.05) is 13.1 Å². The van der Waals surface area contributed by atoms with E-state index in [1.165, 1.54) is 16.7 Å². The molecule has 3 atom stereocenters. The zero-order valence-electron chi connectivity index (χ0n) is 18.3. The molecule has 30 heavy (non-hydrogen) atoms. The Bertz CT molecular complexity index is 803. The Hall–Kier alpha value is -2.90. The molecule has 1 aliphatic rings. The zero-order valence-corrected chi connectivity index (χ0v) is 18.3. The monoisotopic (exact) mass is 417 g/mol. The Morgan fingerprint density at radius 2 is 1.53 bits per heavy atom. The van der Waals surface area contributed by atoms with Crippen LogP contribution in [0.2, 0.25) is 0 Å². The molecule has 1 aliphatic heterocycles. The average Bonchev–Trinajstić information content (AvgIpc) is 2.78. The molecule has 2 N–H and O–H groups in total. The third kappa shape index (κ3) is 5.58. The van der Waals surface area contributed by atoms with Crippen LogP contribution >= 0.6 is 0 Å². The number of ether oxygens (including phenoxy) is 1. The van der Waals surface area contributed by atoms with Crippen molar-refractivity contribution in [2.24, 2.45) is 11.7 Å². The maximum Gasteiger partial charge on any atom is 0.329 e. The third-order valence-corrected chi connectivity index (χ3v) is 5.12. The normalized spacial score (nSPS) is 19.8. The Morgan fingerprint density at radius 3 is 2.00 bits per heavy atom. The summed E-state index contributed by atoms with van der Waals surface area (Å²) in [4.78, 5) is 53.6. The van der Waals surface area contributed by atoms with Crippen molar-refractivity contribution < 1.29 is 23.9 Å². The molecule has 2 unspecified atom stereocenters. The largest absolute Gasteiger partial charge is 0.458 e. The van der Waals surface area contributed by atoms with Gasteiger partial charge >= 0.3 is 5.97 Å². The molecule has 0 spiro atoms. The van der Waals surface area contributed by atoms with Gasteiger partial charge in [0.1, 0.15) is 23.6 Å². The third-order valence-electron chi connectivity index (χ3n) is 5.12. The first-order valence-corrected chi connectivity index (χ1v) is 10.1. The summed E-state index contributed by atoms with van der Waals surface area (Å²) >= 11 is 0. The number of amides is 3. The van der Waals surface area contributed by atoms with Crippen LogP contribution in [0, 0.1) is 5.92 Å². The van der Waals surface area contributed by atoms with Crippen LogP contribution in [0.1, 0.15) is 40.2 Å². The summed E-state index contributed by atoms with van der Waals surface area (Å²) in [6.45, 7) is 8.58. The van der Waals surface area contributed by atoms with Gasteiger partial charge in [0, 0.05) is 13.1 Å². The minimum absolute atomic E-state index is 0.104. The lowest BCUT2D eigenvalue weighted by molar-refractivity contribution is -0.165. The lowest BCUT2D eigenvalue weighted by atomic mass is 9.96. The fraction of sp³-hybridized carbons (Fsp3) is 0.545. The van der Waals surface area contributed by atoms with Gasteiger partial charge in [0.05, 0.1) is 0 Å². The van der Waals surface area contributed by atoms with Crippen molar-refractivity contribution >= 4 is 23.7 Å². The molecule has 1 fully saturated rings. The highest BCUT2D eigenvalue weighted by molar-refractivity contribution is 6.03. The van der Waals surface area contributed by atoms with Crippen molar-refractivity contribution in [3.63, 3.8) is 0 Å². The predicted molar refractivity (Wildman–Crippen MR) is 111 cm³/mol. The molecule has 0 radical (unpaired) electrons. The number of carbonyl (C=O) groups is 4. The summed E-state index contributed by atoms with van der Waals surface area (Å²) in [7, 11) is 0. The smallest absolute Gasteiger partial charge is 0.329 e.